The maximum Gasteiger partial charge on any atom is 0.0750 e. The van der Waals surface area contributed by atoms with Gasteiger partial charge in [-0.2, -0.15) is 0 Å². The molecular weight excluding hydrogens is 222 g/mol. The Balaban J connectivity index is 2.44. The average molecular weight is 243 g/mol. The molecule has 0 saturated carbocycles. The second-order valence-electron chi connectivity index (χ2n) is 4.65. The lowest BCUT2D eigenvalue weighted by Crippen LogP contribution is -2.31. The van der Waals surface area contributed by atoms with E-state index in [0.717, 1.165) is 18.5 Å². The van der Waals surface area contributed by atoms with E-state index in [4.69, 9.17) is 5.73 Å². The number of nitrogens with two attached hydrogens (primary N) is 1. The molecule has 2 rings (SSSR count). The van der Waals surface area contributed by atoms with Crippen molar-refractivity contribution in [2.75, 3.05) is 20.1 Å². The number of likely N-dealkylation sites (N-methyl/N-ethyl adjacent to an activating group) is 1. The molecule has 0 aliphatic rings. The summed E-state index contributed by atoms with van der Waals surface area (Å²) in [7, 11) is 2.13. The fraction of sp³-hybridized carbons (Fsp3) is 0.400. The van der Waals surface area contributed by atoms with Gasteiger partial charge in [0.05, 0.1) is 5.52 Å². The highest BCUT2D eigenvalue weighted by molar-refractivity contribution is 5.82. The van der Waals surface area contributed by atoms with Crippen LogP contribution < -0.4 is 5.73 Å². The van der Waals surface area contributed by atoms with Crippen LogP contribution in [0.25, 0.3) is 10.9 Å². The van der Waals surface area contributed by atoms with Crippen LogP contribution in [0.3, 0.4) is 0 Å². The quantitative estimate of drug-likeness (QED) is 0.877. The predicted molar refractivity (Wildman–Crippen MR) is 76.5 cm³/mol. The number of para-hydroxylation sites is 1. The van der Waals surface area contributed by atoms with Gasteiger partial charge in [-0.15, -0.1) is 0 Å². The van der Waals surface area contributed by atoms with Crippen molar-refractivity contribution in [3.63, 3.8) is 0 Å². The van der Waals surface area contributed by atoms with Gasteiger partial charge >= 0.3 is 0 Å². The molecule has 0 aliphatic heterocycles. The lowest BCUT2D eigenvalue weighted by molar-refractivity contribution is 0.252. The Hall–Kier alpha value is -1.45. The van der Waals surface area contributed by atoms with E-state index in [2.05, 4.69) is 48.1 Å². The van der Waals surface area contributed by atoms with Crippen molar-refractivity contribution in [2.24, 2.45) is 5.73 Å². The molecule has 18 heavy (non-hydrogen) atoms. The Morgan fingerprint density at radius 2 is 2.06 bits per heavy atom. The number of pyridine rings is 1. The molecule has 1 atom stereocenters. The third kappa shape index (κ3) is 2.52. The molecule has 0 aliphatic carbocycles. The molecule has 1 unspecified atom stereocenters. The van der Waals surface area contributed by atoms with Crippen LogP contribution in [-0.4, -0.2) is 30.0 Å². The van der Waals surface area contributed by atoms with Gasteiger partial charge < -0.3 is 5.73 Å². The Morgan fingerprint density at radius 1 is 1.28 bits per heavy atom. The highest BCUT2D eigenvalue weighted by Gasteiger charge is 2.17. The minimum absolute atomic E-state index is 0.239. The van der Waals surface area contributed by atoms with Gasteiger partial charge in [0.2, 0.25) is 0 Å². The molecule has 1 aromatic carbocycles. The Kier molecular flexibility index (Phi) is 4.28. The smallest absolute Gasteiger partial charge is 0.0750 e. The fourth-order valence-electron chi connectivity index (χ4n) is 2.45. The average Bonchev–Trinajstić information content (AvgIpc) is 2.40. The Bertz CT molecular complexity index is 505. The maximum atomic E-state index is 5.96. The minimum Gasteiger partial charge on any atom is -0.329 e. The van der Waals surface area contributed by atoms with Crippen molar-refractivity contribution in [1.82, 2.24) is 9.88 Å². The van der Waals surface area contributed by atoms with E-state index >= 15 is 0 Å². The van der Waals surface area contributed by atoms with Crippen LogP contribution >= 0.6 is 0 Å². The molecule has 0 amide bonds. The van der Waals surface area contributed by atoms with Crippen LogP contribution in [0.15, 0.2) is 36.5 Å². The van der Waals surface area contributed by atoms with E-state index in [1.165, 1.54) is 10.9 Å². The van der Waals surface area contributed by atoms with E-state index in [9.17, 15) is 0 Å². The first kappa shape index (κ1) is 13.0. The SMILES string of the molecule is CCCN(C)C(CN)c1cccc2cccnc12. The van der Waals surface area contributed by atoms with Gasteiger partial charge in [0.1, 0.15) is 0 Å². The molecule has 3 nitrogen and oxygen atoms in total. The lowest BCUT2D eigenvalue weighted by atomic mass is 10.0. The van der Waals surface area contributed by atoms with E-state index in [-0.39, 0.29) is 6.04 Å². The van der Waals surface area contributed by atoms with E-state index in [1.807, 2.05) is 12.3 Å². The zero-order valence-corrected chi connectivity index (χ0v) is 11.1. The van der Waals surface area contributed by atoms with Crippen LogP contribution in [0, 0.1) is 0 Å². The zero-order valence-electron chi connectivity index (χ0n) is 11.1. The molecule has 2 aromatic rings. The number of hydrogen-bond donors (Lipinski definition) is 1. The Morgan fingerprint density at radius 3 is 2.78 bits per heavy atom. The van der Waals surface area contributed by atoms with Crippen molar-refractivity contribution in [1.29, 1.82) is 0 Å². The summed E-state index contributed by atoms with van der Waals surface area (Å²) in [4.78, 5) is 6.82. The Labute approximate surface area is 109 Å². The molecule has 3 heteroatoms. The molecule has 0 radical (unpaired) electrons. The molecular formula is C15H21N3. The largest absolute Gasteiger partial charge is 0.329 e. The third-order valence-electron chi connectivity index (χ3n) is 3.35. The minimum atomic E-state index is 0.239. The summed E-state index contributed by atoms with van der Waals surface area (Å²) in [5.41, 5.74) is 8.25. The van der Waals surface area contributed by atoms with Crippen LogP contribution in [0.5, 0.6) is 0 Å². The van der Waals surface area contributed by atoms with Crippen LogP contribution in [-0.2, 0) is 0 Å². The number of fused-ring (bicyclic) bond motifs is 1. The first-order valence-electron chi connectivity index (χ1n) is 6.52. The van der Waals surface area contributed by atoms with Crippen molar-refractivity contribution in [2.45, 2.75) is 19.4 Å². The number of hydrogen-bond acceptors (Lipinski definition) is 3. The highest BCUT2D eigenvalue weighted by atomic mass is 15.1. The summed E-state index contributed by atoms with van der Waals surface area (Å²) in [6, 6.07) is 10.6. The van der Waals surface area contributed by atoms with Gasteiger partial charge in [-0.05, 0) is 31.6 Å². The third-order valence-corrected chi connectivity index (χ3v) is 3.35. The van der Waals surface area contributed by atoms with Gasteiger partial charge in [0.25, 0.3) is 0 Å². The summed E-state index contributed by atoms with van der Waals surface area (Å²) in [5.74, 6) is 0. The van der Waals surface area contributed by atoms with Gasteiger partial charge in [-0.3, -0.25) is 9.88 Å². The molecule has 0 fully saturated rings. The molecule has 2 N–H and O–H groups in total. The summed E-state index contributed by atoms with van der Waals surface area (Å²) in [5, 5.41) is 1.18. The summed E-state index contributed by atoms with van der Waals surface area (Å²) < 4.78 is 0. The van der Waals surface area contributed by atoms with E-state index in [1.54, 1.807) is 0 Å². The van der Waals surface area contributed by atoms with Crippen LogP contribution in [0.2, 0.25) is 0 Å². The first-order valence-corrected chi connectivity index (χ1v) is 6.52. The van der Waals surface area contributed by atoms with Crippen molar-refractivity contribution in [3.05, 3.63) is 42.1 Å². The van der Waals surface area contributed by atoms with Gasteiger partial charge in [-0.25, -0.2) is 0 Å². The number of aromatic nitrogens is 1. The molecule has 0 spiro atoms. The number of rotatable bonds is 5. The monoisotopic (exact) mass is 243 g/mol. The summed E-state index contributed by atoms with van der Waals surface area (Å²) in [6.45, 7) is 3.85. The van der Waals surface area contributed by atoms with E-state index < -0.39 is 0 Å². The second-order valence-corrected chi connectivity index (χ2v) is 4.65. The molecule has 0 saturated heterocycles. The van der Waals surface area contributed by atoms with Gasteiger partial charge in [0, 0.05) is 24.2 Å². The highest BCUT2D eigenvalue weighted by Crippen LogP contribution is 2.25. The maximum absolute atomic E-state index is 5.96. The van der Waals surface area contributed by atoms with Crippen molar-refractivity contribution in [3.8, 4) is 0 Å². The summed E-state index contributed by atoms with van der Waals surface area (Å²) >= 11 is 0. The summed E-state index contributed by atoms with van der Waals surface area (Å²) in [6.07, 6.45) is 2.98. The number of benzene rings is 1. The van der Waals surface area contributed by atoms with E-state index in [0.29, 0.717) is 6.54 Å². The topological polar surface area (TPSA) is 42.1 Å². The standard InChI is InChI=1S/C15H21N3/c1-3-10-18(2)14(11-16)13-8-4-6-12-7-5-9-17-15(12)13/h4-9,14H,3,10-11,16H2,1-2H3. The van der Waals surface area contributed by atoms with Crippen molar-refractivity contribution < 1.29 is 0 Å². The van der Waals surface area contributed by atoms with Gasteiger partial charge in [-0.1, -0.05) is 31.2 Å². The zero-order chi connectivity index (χ0) is 13.0. The van der Waals surface area contributed by atoms with Crippen LogP contribution in [0.1, 0.15) is 24.9 Å². The molecule has 1 aromatic heterocycles. The van der Waals surface area contributed by atoms with Crippen LogP contribution in [0.4, 0.5) is 0 Å². The van der Waals surface area contributed by atoms with Crippen molar-refractivity contribution >= 4 is 10.9 Å². The normalized spacial score (nSPS) is 13.1. The lowest BCUT2D eigenvalue weighted by Gasteiger charge is -2.27. The predicted octanol–water partition coefficient (Wildman–Crippen LogP) is 2.58. The second kappa shape index (κ2) is 5.94. The molecule has 96 valence electrons. The molecule has 0 bridgehead atoms. The molecule has 1 heterocycles. The first-order chi connectivity index (χ1) is 8.77. The fourth-order valence-corrected chi connectivity index (χ4v) is 2.45. The van der Waals surface area contributed by atoms with Gasteiger partial charge in [0.15, 0.2) is 0 Å². The number of nitrogens with zero attached hydrogens (tertiary/aromatic N) is 2.